The van der Waals surface area contributed by atoms with Crippen LogP contribution in [0.4, 0.5) is 0 Å². The summed E-state index contributed by atoms with van der Waals surface area (Å²) in [5.41, 5.74) is 4.17. The van der Waals surface area contributed by atoms with E-state index in [1.54, 1.807) is 0 Å². The molecule has 4 rings (SSSR count). The quantitative estimate of drug-likeness (QED) is 0.345. The molecule has 0 saturated heterocycles. The zero-order chi connectivity index (χ0) is 20.8. The normalized spacial score (nSPS) is 11.2. The molecular weight excluding hydrogens is 436 g/mol. The molecule has 30 heavy (non-hydrogen) atoms. The van der Waals surface area contributed by atoms with Crippen LogP contribution >= 0.6 is 15.9 Å². The van der Waals surface area contributed by atoms with Crippen LogP contribution in [0.15, 0.2) is 95.6 Å². The second kappa shape index (κ2) is 9.59. The van der Waals surface area contributed by atoms with Crippen molar-refractivity contribution in [1.82, 2.24) is 9.88 Å². The van der Waals surface area contributed by atoms with Crippen molar-refractivity contribution >= 4 is 38.8 Å². The molecule has 0 aliphatic carbocycles. The molecule has 0 spiro atoms. The summed E-state index contributed by atoms with van der Waals surface area (Å²) in [4.78, 5) is 18.5. The van der Waals surface area contributed by atoms with Gasteiger partial charge in [0, 0.05) is 40.2 Å². The van der Waals surface area contributed by atoms with E-state index in [2.05, 4.69) is 57.3 Å². The second-order valence-electron chi connectivity index (χ2n) is 7.18. The highest BCUT2D eigenvalue weighted by Crippen LogP contribution is 2.19. The van der Waals surface area contributed by atoms with Gasteiger partial charge in [-0.05, 0) is 41.8 Å². The van der Waals surface area contributed by atoms with Crippen LogP contribution in [-0.4, -0.2) is 28.9 Å². The van der Waals surface area contributed by atoms with Gasteiger partial charge in [-0.15, -0.1) is 0 Å². The van der Waals surface area contributed by atoms with E-state index in [4.69, 9.17) is 0 Å². The number of carbonyl (C=O) groups excluding carboxylic acids is 1. The third kappa shape index (κ3) is 4.89. The lowest BCUT2D eigenvalue weighted by Crippen LogP contribution is -2.33. The lowest BCUT2D eigenvalue weighted by atomic mass is 10.1. The van der Waals surface area contributed by atoms with Crippen molar-refractivity contribution in [2.24, 2.45) is 0 Å². The van der Waals surface area contributed by atoms with E-state index in [0.717, 1.165) is 22.0 Å². The number of carbonyl (C=O) groups is 1. The monoisotopic (exact) mass is 458 g/mol. The van der Waals surface area contributed by atoms with Gasteiger partial charge in [-0.1, -0.05) is 82.7 Å². The fraction of sp³-hybridized carbons (Fsp3) is 0.115. The predicted octanol–water partition coefficient (Wildman–Crippen LogP) is 6.33. The Balaban J connectivity index is 1.53. The molecule has 4 aromatic rings. The number of rotatable bonds is 7. The number of benzene rings is 3. The average Bonchev–Trinajstić information content (AvgIpc) is 3.19. The molecule has 0 radical (unpaired) electrons. The highest BCUT2D eigenvalue weighted by atomic mass is 79.9. The molecule has 0 atom stereocenters. The van der Waals surface area contributed by atoms with E-state index in [1.165, 1.54) is 10.9 Å². The van der Waals surface area contributed by atoms with Crippen LogP contribution < -0.4 is 0 Å². The number of hydrogen-bond donors (Lipinski definition) is 1. The molecule has 1 N–H and O–H groups in total. The molecule has 0 unspecified atom stereocenters. The summed E-state index contributed by atoms with van der Waals surface area (Å²) in [6, 6.07) is 26.0. The first-order chi connectivity index (χ1) is 14.7. The number of aromatic nitrogens is 1. The van der Waals surface area contributed by atoms with Gasteiger partial charge < -0.3 is 9.88 Å². The van der Waals surface area contributed by atoms with Gasteiger partial charge in [0.05, 0.1) is 0 Å². The zero-order valence-electron chi connectivity index (χ0n) is 16.6. The van der Waals surface area contributed by atoms with Crippen LogP contribution in [0.1, 0.15) is 21.5 Å². The summed E-state index contributed by atoms with van der Waals surface area (Å²) in [5.74, 6) is 0.0360. The summed E-state index contributed by atoms with van der Waals surface area (Å²) in [5, 5.41) is 1.21. The van der Waals surface area contributed by atoms with Gasteiger partial charge in [-0.25, -0.2) is 0 Å². The minimum atomic E-state index is 0.0360. The minimum Gasteiger partial charge on any atom is -0.361 e. The lowest BCUT2D eigenvalue weighted by molar-refractivity contribution is 0.0776. The molecule has 0 aliphatic rings. The Morgan fingerprint density at radius 1 is 0.967 bits per heavy atom. The van der Waals surface area contributed by atoms with Gasteiger partial charge in [0.15, 0.2) is 0 Å². The fourth-order valence-electron chi connectivity index (χ4n) is 3.55. The molecule has 0 aliphatic heterocycles. The van der Waals surface area contributed by atoms with E-state index in [1.807, 2.05) is 65.7 Å². The Kier molecular flexibility index (Phi) is 6.45. The molecule has 0 saturated carbocycles. The highest BCUT2D eigenvalue weighted by Gasteiger charge is 2.16. The largest absolute Gasteiger partial charge is 0.361 e. The van der Waals surface area contributed by atoms with Gasteiger partial charge in [-0.2, -0.15) is 0 Å². The van der Waals surface area contributed by atoms with Gasteiger partial charge in [-0.3, -0.25) is 4.79 Å². The van der Waals surface area contributed by atoms with Gasteiger partial charge in [0.1, 0.15) is 0 Å². The van der Waals surface area contributed by atoms with Gasteiger partial charge >= 0.3 is 0 Å². The maximum absolute atomic E-state index is 13.2. The van der Waals surface area contributed by atoms with Crippen molar-refractivity contribution in [3.05, 3.63) is 112 Å². The third-order valence-corrected chi connectivity index (χ3v) is 5.61. The number of para-hydroxylation sites is 1. The number of nitrogens with zero attached hydrogens (tertiary/aromatic N) is 1. The molecule has 0 bridgehead atoms. The number of amides is 1. The summed E-state index contributed by atoms with van der Waals surface area (Å²) >= 11 is 3.47. The minimum absolute atomic E-state index is 0.0360. The van der Waals surface area contributed by atoms with Crippen molar-refractivity contribution in [3.63, 3.8) is 0 Å². The number of H-pyrrole nitrogens is 1. The van der Waals surface area contributed by atoms with Crippen molar-refractivity contribution in [2.75, 3.05) is 13.1 Å². The summed E-state index contributed by atoms with van der Waals surface area (Å²) in [6.45, 7) is 1.20. The van der Waals surface area contributed by atoms with Crippen molar-refractivity contribution < 1.29 is 4.79 Å². The first-order valence-electron chi connectivity index (χ1n) is 10.0. The Bertz CT molecular complexity index is 1160. The molecule has 1 amide bonds. The maximum atomic E-state index is 13.2. The summed E-state index contributed by atoms with van der Waals surface area (Å²) in [7, 11) is 0. The third-order valence-electron chi connectivity index (χ3n) is 5.12. The Morgan fingerprint density at radius 3 is 2.60 bits per heavy atom. The van der Waals surface area contributed by atoms with Gasteiger partial charge in [0.2, 0.25) is 0 Å². The number of halogens is 1. The fourth-order valence-corrected chi connectivity index (χ4v) is 3.95. The molecule has 1 heterocycles. The van der Waals surface area contributed by atoms with Gasteiger partial charge in [0.25, 0.3) is 5.91 Å². The maximum Gasteiger partial charge on any atom is 0.254 e. The van der Waals surface area contributed by atoms with E-state index in [9.17, 15) is 4.79 Å². The first-order valence-corrected chi connectivity index (χ1v) is 10.8. The lowest BCUT2D eigenvalue weighted by Gasteiger charge is -2.21. The number of hydrogen-bond acceptors (Lipinski definition) is 1. The summed E-state index contributed by atoms with van der Waals surface area (Å²) in [6.07, 6.45) is 6.96. The van der Waals surface area contributed by atoms with E-state index < -0.39 is 0 Å². The Morgan fingerprint density at radius 2 is 1.77 bits per heavy atom. The second-order valence-corrected chi connectivity index (χ2v) is 8.10. The molecule has 3 nitrogen and oxygen atoms in total. The van der Waals surface area contributed by atoms with Crippen molar-refractivity contribution in [3.8, 4) is 0 Å². The zero-order valence-corrected chi connectivity index (χ0v) is 18.2. The molecule has 150 valence electrons. The number of fused-ring (bicyclic) bond motifs is 1. The number of aromatic amines is 1. The molecular formula is C26H23BrN2O. The predicted molar refractivity (Wildman–Crippen MR) is 128 cm³/mol. The summed E-state index contributed by atoms with van der Waals surface area (Å²) < 4.78 is 0.907. The Labute approximate surface area is 185 Å². The van der Waals surface area contributed by atoms with Crippen molar-refractivity contribution in [2.45, 2.75) is 6.42 Å². The van der Waals surface area contributed by atoms with E-state index in [-0.39, 0.29) is 5.91 Å². The highest BCUT2D eigenvalue weighted by molar-refractivity contribution is 9.10. The SMILES string of the molecule is O=C(c1cccc(Br)c1)N(C/C=C/c1ccccc1)CCc1c[nH]c2ccccc12. The van der Waals surface area contributed by atoms with Crippen LogP contribution in [0.3, 0.4) is 0 Å². The van der Waals surface area contributed by atoms with E-state index in [0.29, 0.717) is 18.7 Å². The van der Waals surface area contributed by atoms with Crippen LogP contribution in [0.5, 0.6) is 0 Å². The first kappa shape index (κ1) is 20.2. The standard InChI is InChI=1S/C26H23BrN2O/c27-23-12-6-11-21(18-23)26(30)29(16-7-10-20-8-2-1-3-9-20)17-15-22-19-28-25-14-5-4-13-24(22)25/h1-14,18-19,28H,15-17H2/b10-7+. The topological polar surface area (TPSA) is 36.1 Å². The molecule has 3 aromatic carbocycles. The van der Waals surface area contributed by atoms with Crippen LogP contribution in [0.25, 0.3) is 17.0 Å². The average molecular weight is 459 g/mol. The van der Waals surface area contributed by atoms with Crippen LogP contribution in [0.2, 0.25) is 0 Å². The number of nitrogens with one attached hydrogen (secondary N) is 1. The van der Waals surface area contributed by atoms with Crippen LogP contribution in [0, 0.1) is 0 Å². The van der Waals surface area contributed by atoms with Crippen LogP contribution in [-0.2, 0) is 6.42 Å². The smallest absolute Gasteiger partial charge is 0.254 e. The molecule has 0 fully saturated rings. The van der Waals surface area contributed by atoms with Crippen molar-refractivity contribution in [1.29, 1.82) is 0 Å². The molecule has 1 aromatic heterocycles. The van der Waals surface area contributed by atoms with E-state index >= 15 is 0 Å². The molecule has 4 heteroatoms. The Hall–Kier alpha value is -3.11.